The van der Waals surface area contributed by atoms with Crippen molar-refractivity contribution in [2.75, 3.05) is 5.32 Å². The summed E-state index contributed by atoms with van der Waals surface area (Å²) < 4.78 is 2.45. The normalized spacial score (nSPS) is 14.9. The maximum Gasteiger partial charge on any atom is 0.148 e. The average Bonchev–Trinajstić information content (AvgIpc) is 3.38. The van der Waals surface area contributed by atoms with Gasteiger partial charge >= 0.3 is 0 Å². The highest BCUT2D eigenvalue weighted by Gasteiger charge is 2.29. The zero-order chi connectivity index (χ0) is 26.9. The largest absolute Gasteiger partial charge is 0.358 e. The number of rotatable bonds is 2. The number of hydrogen-bond donors (Lipinski definition) is 1. The smallest absolute Gasteiger partial charge is 0.148 e. The van der Waals surface area contributed by atoms with Crippen LogP contribution in [0.1, 0.15) is 11.7 Å². The van der Waals surface area contributed by atoms with Crippen molar-refractivity contribution in [1.82, 2.24) is 4.57 Å². The van der Waals surface area contributed by atoms with Crippen LogP contribution in [0.5, 0.6) is 0 Å². The molecule has 1 aromatic heterocycles. The van der Waals surface area contributed by atoms with Gasteiger partial charge in [0.15, 0.2) is 0 Å². The van der Waals surface area contributed by atoms with Crippen LogP contribution in [0, 0.1) is 0 Å². The van der Waals surface area contributed by atoms with Gasteiger partial charge in [0.25, 0.3) is 0 Å². The SMILES string of the molecule is c1ccc(C2=Nc3ccccc3NC2n2c3ccccc3c3c4c(ccc5ccc6ccccc6c54)ccc32)cc1. The number of benzene rings is 7. The number of anilines is 1. The van der Waals surface area contributed by atoms with Crippen molar-refractivity contribution in [1.29, 1.82) is 0 Å². The average molecular weight is 524 g/mol. The van der Waals surface area contributed by atoms with Crippen LogP contribution in [0.25, 0.3) is 54.1 Å². The second-order valence-electron chi connectivity index (χ2n) is 10.8. The van der Waals surface area contributed by atoms with E-state index in [0.29, 0.717) is 0 Å². The number of aromatic nitrogens is 1. The molecule has 1 N–H and O–H groups in total. The first-order chi connectivity index (χ1) is 20.3. The van der Waals surface area contributed by atoms with Gasteiger partial charge in [0.1, 0.15) is 6.17 Å². The van der Waals surface area contributed by atoms with Crippen molar-refractivity contribution < 1.29 is 0 Å². The summed E-state index contributed by atoms with van der Waals surface area (Å²) in [4.78, 5) is 5.25. The number of hydrogen-bond acceptors (Lipinski definition) is 2. The van der Waals surface area contributed by atoms with E-state index < -0.39 is 0 Å². The Morgan fingerprint density at radius 1 is 0.488 bits per heavy atom. The third-order valence-corrected chi connectivity index (χ3v) is 8.59. The molecule has 1 unspecified atom stereocenters. The topological polar surface area (TPSA) is 29.3 Å². The molecule has 1 aliphatic rings. The molecular weight excluding hydrogens is 498 g/mol. The van der Waals surface area contributed by atoms with Crippen molar-refractivity contribution in [2.24, 2.45) is 4.99 Å². The molecule has 1 aliphatic heterocycles. The van der Waals surface area contributed by atoms with Crippen LogP contribution in [0.2, 0.25) is 0 Å². The second-order valence-corrected chi connectivity index (χ2v) is 10.8. The third-order valence-electron chi connectivity index (χ3n) is 8.59. The van der Waals surface area contributed by atoms with Crippen LogP contribution < -0.4 is 5.32 Å². The van der Waals surface area contributed by atoms with E-state index in [0.717, 1.165) is 22.6 Å². The Kier molecular flexibility index (Phi) is 4.67. The van der Waals surface area contributed by atoms with Crippen LogP contribution in [-0.4, -0.2) is 10.3 Å². The first-order valence-corrected chi connectivity index (χ1v) is 14.1. The van der Waals surface area contributed by atoms with E-state index in [4.69, 9.17) is 4.99 Å². The van der Waals surface area contributed by atoms with Crippen LogP contribution in [0.15, 0.2) is 145 Å². The van der Waals surface area contributed by atoms with E-state index in [2.05, 4.69) is 149 Å². The zero-order valence-electron chi connectivity index (χ0n) is 22.3. The number of para-hydroxylation sites is 3. The molecule has 0 aliphatic carbocycles. The van der Waals surface area contributed by atoms with Gasteiger partial charge in [-0.1, -0.05) is 115 Å². The van der Waals surface area contributed by atoms with E-state index in [1.807, 2.05) is 0 Å². The summed E-state index contributed by atoms with van der Waals surface area (Å²) >= 11 is 0. The number of nitrogens with one attached hydrogen (secondary N) is 1. The number of fused-ring (bicyclic) bond motifs is 10. The van der Waals surface area contributed by atoms with Gasteiger partial charge in [-0.25, -0.2) is 4.99 Å². The molecule has 1 atom stereocenters. The zero-order valence-corrected chi connectivity index (χ0v) is 22.3. The molecular formula is C38H25N3. The molecule has 2 heterocycles. The molecule has 0 saturated carbocycles. The molecule has 192 valence electrons. The lowest BCUT2D eigenvalue weighted by Gasteiger charge is -2.30. The molecule has 0 saturated heterocycles. The summed E-state index contributed by atoms with van der Waals surface area (Å²) in [6.07, 6.45) is -0.182. The summed E-state index contributed by atoms with van der Waals surface area (Å²) in [5, 5.41) is 14.1. The lowest BCUT2D eigenvalue weighted by molar-refractivity contribution is 0.759. The quantitative estimate of drug-likeness (QED) is 0.224. The Hall–Kier alpha value is -5.41. The van der Waals surface area contributed by atoms with Crippen LogP contribution >= 0.6 is 0 Å². The lowest BCUT2D eigenvalue weighted by Crippen LogP contribution is -2.30. The maximum absolute atomic E-state index is 5.25. The van der Waals surface area contributed by atoms with Gasteiger partial charge in [0.05, 0.1) is 28.1 Å². The van der Waals surface area contributed by atoms with E-state index in [9.17, 15) is 0 Å². The van der Waals surface area contributed by atoms with Crippen LogP contribution in [-0.2, 0) is 0 Å². The fourth-order valence-corrected chi connectivity index (χ4v) is 6.80. The van der Waals surface area contributed by atoms with Crippen LogP contribution in [0.3, 0.4) is 0 Å². The summed E-state index contributed by atoms with van der Waals surface area (Å²) in [5.74, 6) is 0. The van der Waals surface area contributed by atoms with Crippen molar-refractivity contribution >= 4 is 71.2 Å². The highest BCUT2D eigenvalue weighted by molar-refractivity contribution is 6.32. The second kappa shape index (κ2) is 8.54. The molecule has 0 amide bonds. The maximum atomic E-state index is 5.25. The Labute approximate surface area is 237 Å². The molecule has 0 spiro atoms. The van der Waals surface area contributed by atoms with Gasteiger partial charge in [-0.05, 0) is 51.2 Å². The highest BCUT2D eigenvalue weighted by atomic mass is 15.2. The number of nitrogens with zero attached hydrogens (tertiary/aromatic N) is 2. The standard InChI is InChI=1S/C38H25N3/c1-2-11-27(12-3-1)37-38(40-31-16-8-7-15-30(31)39-37)41-32-17-9-6-14-29(32)36-33(41)23-22-26-21-20-25-19-18-24-10-4-5-13-28(24)34(25)35(26)36/h1-23,38,40H. The van der Waals surface area contributed by atoms with E-state index >= 15 is 0 Å². The summed E-state index contributed by atoms with van der Waals surface area (Å²) in [7, 11) is 0. The first-order valence-electron chi connectivity index (χ1n) is 14.1. The molecule has 3 nitrogen and oxygen atoms in total. The van der Waals surface area contributed by atoms with Crippen molar-refractivity contribution in [2.45, 2.75) is 6.17 Å². The van der Waals surface area contributed by atoms with Gasteiger partial charge in [0, 0.05) is 21.7 Å². The Morgan fingerprint density at radius 3 is 2.02 bits per heavy atom. The van der Waals surface area contributed by atoms with E-state index in [1.165, 1.54) is 54.1 Å². The molecule has 0 radical (unpaired) electrons. The van der Waals surface area contributed by atoms with Gasteiger partial charge in [-0.2, -0.15) is 0 Å². The van der Waals surface area contributed by atoms with Crippen molar-refractivity contribution in [3.05, 3.63) is 145 Å². The third kappa shape index (κ3) is 3.23. The summed E-state index contributed by atoms with van der Waals surface area (Å²) in [6, 6.07) is 50.0. The minimum absolute atomic E-state index is 0.182. The summed E-state index contributed by atoms with van der Waals surface area (Å²) in [5.41, 5.74) is 6.51. The number of aliphatic imine (C=N–C) groups is 1. The molecule has 0 bridgehead atoms. The predicted octanol–water partition coefficient (Wildman–Crippen LogP) is 10.00. The molecule has 41 heavy (non-hydrogen) atoms. The molecule has 7 aromatic carbocycles. The minimum Gasteiger partial charge on any atom is -0.358 e. The predicted molar refractivity (Wildman–Crippen MR) is 174 cm³/mol. The first kappa shape index (κ1) is 22.4. The molecule has 8 aromatic rings. The van der Waals surface area contributed by atoms with Gasteiger partial charge < -0.3 is 9.88 Å². The van der Waals surface area contributed by atoms with Gasteiger partial charge in [-0.3, -0.25) is 0 Å². The molecule has 9 rings (SSSR count). The Balaban J connectivity index is 1.44. The van der Waals surface area contributed by atoms with Crippen molar-refractivity contribution in [3.63, 3.8) is 0 Å². The summed E-state index contributed by atoms with van der Waals surface area (Å²) in [6.45, 7) is 0. The highest BCUT2D eigenvalue weighted by Crippen LogP contribution is 2.44. The van der Waals surface area contributed by atoms with E-state index in [1.54, 1.807) is 0 Å². The fourth-order valence-electron chi connectivity index (χ4n) is 6.80. The van der Waals surface area contributed by atoms with E-state index in [-0.39, 0.29) is 6.17 Å². The van der Waals surface area contributed by atoms with Crippen LogP contribution in [0.4, 0.5) is 11.4 Å². The molecule has 0 fully saturated rings. The van der Waals surface area contributed by atoms with Gasteiger partial charge in [0.2, 0.25) is 0 Å². The van der Waals surface area contributed by atoms with Crippen molar-refractivity contribution in [3.8, 4) is 0 Å². The lowest BCUT2D eigenvalue weighted by atomic mass is 9.93. The Bertz CT molecular complexity index is 2340. The minimum atomic E-state index is -0.182. The molecule has 3 heteroatoms. The monoisotopic (exact) mass is 523 g/mol. The fraction of sp³-hybridized carbons (Fsp3) is 0.0263. The van der Waals surface area contributed by atoms with Gasteiger partial charge in [-0.15, -0.1) is 0 Å². The Morgan fingerprint density at radius 2 is 1.15 bits per heavy atom.